The Morgan fingerprint density at radius 3 is 2.24 bits per heavy atom. The van der Waals surface area contributed by atoms with E-state index in [1.165, 1.54) is 18.9 Å². The molecule has 230 valence electrons. The van der Waals surface area contributed by atoms with Crippen molar-refractivity contribution in [3.63, 3.8) is 0 Å². The van der Waals surface area contributed by atoms with E-state index < -0.39 is 35.4 Å². The first-order chi connectivity index (χ1) is 19.2. The fourth-order valence-electron chi connectivity index (χ4n) is 6.67. The van der Waals surface area contributed by atoms with Gasteiger partial charge in [-0.25, -0.2) is 4.39 Å². The predicted molar refractivity (Wildman–Crippen MR) is 160 cm³/mol. The summed E-state index contributed by atoms with van der Waals surface area (Å²) in [7, 11) is 0. The first kappa shape index (κ1) is 33.9. The van der Waals surface area contributed by atoms with Gasteiger partial charge in [0.05, 0.1) is 17.3 Å². The number of hydrogen-bond donors (Lipinski definition) is 2. The molecular formula is C33H47F4NO2S. The smallest absolute Gasteiger partial charge is 0.388 e. The zero-order valence-corrected chi connectivity index (χ0v) is 26.6. The number of halogens is 4. The van der Waals surface area contributed by atoms with Crippen LogP contribution in [0.1, 0.15) is 144 Å². The van der Waals surface area contributed by atoms with E-state index in [0.717, 1.165) is 65.9 Å². The molecule has 5 rings (SSSR count). The Morgan fingerprint density at radius 1 is 1.12 bits per heavy atom. The van der Waals surface area contributed by atoms with Crippen LogP contribution in [0.15, 0.2) is 18.2 Å². The van der Waals surface area contributed by atoms with Crippen LogP contribution >= 0.6 is 12.6 Å². The molecule has 1 aromatic carbocycles. The first-order valence-electron chi connectivity index (χ1n) is 14.9. The first-order valence-corrected chi connectivity index (χ1v) is 15.8. The molecule has 4 unspecified atom stereocenters. The van der Waals surface area contributed by atoms with Gasteiger partial charge >= 0.3 is 6.18 Å². The molecule has 1 fully saturated rings. The van der Waals surface area contributed by atoms with Crippen molar-refractivity contribution in [1.29, 1.82) is 0 Å². The lowest BCUT2D eigenvalue weighted by Crippen LogP contribution is -2.34. The van der Waals surface area contributed by atoms with Gasteiger partial charge < -0.3 is 9.84 Å². The summed E-state index contributed by atoms with van der Waals surface area (Å²) >= 11 is 3.53. The number of nitrogens with zero attached hydrogens (tertiary/aromatic N) is 1. The molecule has 1 N–H and O–H groups in total. The van der Waals surface area contributed by atoms with Gasteiger partial charge in [0.1, 0.15) is 11.9 Å². The van der Waals surface area contributed by atoms with Crippen LogP contribution < -0.4 is 0 Å². The minimum absolute atomic E-state index is 0.0217. The van der Waals surface area contributed by atoms with Crippen molar-refractivity contribution in [1.82, 2.24) is 4.98 Å². The SMILES string of the molecule is CC(C)c1nc2c(c3c1C(c1ccc(C(F)(F)F)c(F)c1)OC31CCCC1C)C(O)CC(C)(C)C2.CCCC.CS. The maximum Gasteiger partial charge on any atom is 0.419 e. The molecule has 0 radical (unpaired) electrons. The van der Waals surface area contributed by atoms with Crippen molar-refractivity contribution in [3.05, 3.63) is 63.2 Å². The molecule has 2 heterocycles. The second kappa shape index (κ2) is 12.9. The Kier molecular flexibility index (Phi) is 10.7. The van der Waals surface area contributed by atoms with Crippen LogP contribution in [0.4, 0.5) is 17.6 Å². The Morgan fingerprint density at radius 2 is 1.76 bits per heavy atom. The molecule has 0 amide bonds. The van der Waals surface area contributed by atoms with Crippen molar-refractivity contribution >= 4 is 12.6 Å². The second-order valence-corrected chi connectivity index (χ2v) is 12.8. The van der Waals surface area contributed by atoms with E-state index in [1.54, 1.807) is 6.26 Å². The zero-order chi connectivity index (χ0) is 30.9. The lowest BCUT2D eigenvalue weighted by Gasteiger charge is -2.39. The largest absolute Gasteiger partial charge is 0.419 e. The van der Waals surface area contributed by atoms with Gasteiger partial charge in [-0.05, 0) is 78.9 Å². The summed E-state index contributed by atoms with van der Waals surface area (Å²) in [5, 5.41) is 11.4. The van der Waals surface area contributed by atoms with Gasteiger partial charge in [0.25, 0.3) is 0 Å². The maximum absolute atomic E-state index is 14.7. The standard InChI is InChI=1S/C28H33F4NO2.C4H10.CH4S/c1-14(2)24-22-23(21-19(33-24)12-26(4,5)13-20(21)34)27(10-6-7-15(27)3)35-25(22)16-8-9-17(18(29)11-16)28(30,31)32;1-3-4-2;1-2/h8-9,11,14-15,20,25,34H,6-7,10,12-13H2,1-5H3;3-4H2,1-2H3;2H,1H3. The number of ether oxygens (including phenoxy) is 1. The zero-order valence-electron chi connectivity index (χ0n) is 25.8. The number of rotatable bonds is 3. The summed E-state index contributed by atoms with van der Waals surface area (Å²) < 4.78 is 61.2. The van der Waals surface area contributed by atoms with Crippen molar-refractivity contribution < 1.29 is 27.4 Å². The molecule has 8 heteroatoms. The molecule has 1 aliphatic heterocycles. The van der Waals surface area contributed by atoms with Crippen LogP contribution in [0.25, 0.3) is 0 Å². The highest BCUT2D eigenvalue weighted by atomic mass is 32.1. The lowest BCUT2D eigenvalue weighted by atomic mass is 9.69. The van der Waals surface area contributed by atoms with Crippen molar-refractivity contribution in [2.75, 3.05) is 6.26 Å². The molecule has 0 bridgehead atoms. The van der Waals surface area contributed by atoms with E-state index in [2.05, 4.69) is 47.2 Å². The third-order valence-corrected chi connectivity index (χ3v) is 8.75. The van der Waals surface area contributed by atoms with Crippen LogP contribution in [0.3, 0.4) is 0 Å². The van der Waals surface area contributed by atoms with Crippen LogP contribution in [-0.2, 0) is 22.9 Å². The molecule has 1 aromatic heterocycles. The maximum atomic E-state index is 14.7. The average Bonchev–Trinajstić information content (AvgIpc) is 3.43. The van der Waals surface area contributed by atoms with E-state index in [-0.39, 0.29) is 17.3 Å². The molecule has 3 aliphatic rings. The summed E-state index contributed by atoms with van der Waals surface area (Å²) in [6, 6.07) is 3.08. The number of alkyl halides is 3. The van der Waals surface area contributed by atoms with E-state index in [9.17, 15) is 22.7 Å². The number of unbranched alkanes of at least 4 members (excludes halogenated alkanes) is 1. The molecule has 1 saturated carbocycles. The van der Waals surface area contributed by atoms with Gasteiger partial charge in [-0.3, -0.25) is 4.98 Å². The fourth-order valence-corrected chi connectivity index (χ4v) is 6.67. The van der Waals surface area contributed by atoms with Crippen molar-refractivity contribution in [2.45, 2.75) is 123 Å². The monoisotopic (exact) mass is 597 g/mol. The van der Waals surface area contributed by atoms with Crippen LogP contribution in [-0.4, -0.2) is 16.3 Å². The van der Waals surface area contributed by atoms with Gasteiger partial charge in [-0.2, -0.15) is 25.8 Å². The number of hydrogen-bond acceptors (Lipinski definition) is 4. The Balaban J connectivity index is 0.000000710. The second-order valence-electron chi connectivity index (χ2n) is 12.8. The summed E-state index contributed by atoms with van der Waals surface area (Å²) in [4.78, 5) is 5.05. The predicted octanol–water partition coefficient (Wildman–Crippen LogP) is 9.86. The molecular weight excluding hydrogens is 550 g/mol. The third kappa shape index (κ3) is 6.50. The Labute approximate surface area is 248 Å². The van der Waals surface area contributed by atoms with Crippen LogP contribution in [0.5, 0.6) is 0 Å². The number of aliphatic hydroxyl groups excluding tert-OH is 1. The minimum Gasteiger partial charge on any atom is -0.388 e. The summed E-state index contributed by atoms with van der Waals surface area (Å²) in [5.41, 5.74) is 2.60. The highest BCUT2D eigenvalue weighted by molar-refractivity contribution is 7.79. The number of aromatic nitrogens is 1. The Bertz CT molecular complexity index is 1210. The average molecular weight is 598 g/mol. The molecule has 4 atom stereocenters. The summed E-state index contributed by atoms with van der Waals surface area (Å²) in [5.74, 6) is -1.13. The summed E-state index contributed by atoms with van der Waals surface area (Å²) in [6.07, 6.45) is 2.11. The third-order valence-electron chi connectivity index (χ3n) is 8.75. The number of thiol groups is 1. The fraction of sp³-hybridized carbons (Fsp3) is 0.667. The molecule has 1 spiro atoms. The van der Waals surface area contributed by atoms with E-state index in [0.29, 0.717) is 12.0 Å². The van der Waals surface area contributed by atoms with Gasteiger partial charge in [-0.1, -0.05) is 67.4 Å². The van der Waals surface area contributed by atoms with Gasteiger partial charge in [0, 0.05) is 22.5 Å². The van der Waals surface area contributed by atoms with Crippen molar-refractivity contribution in [2.24, 2.45) is 11.3 Å². The van der Waals surface area contributed by atoms with Gasteiger partial charge in [-0.15, -0.1) is 0 Å². The Hall–Kier alpha value is -1.64. The van der Waals surface area contributed by atoms with E-state index in [4.69, 9.17) is 9.72 Å². The normalized spacial score (nSPS) is 26.2. The molecule has 0 saturated heterocycles. The molecule has 3 nitrogen and oxygen atoms in total. The highest BCUT2D eigenvalue weighted by Gasteiger charge is 2.55. The molecule has 2 aliphatic carbocycles. The van der Waals surface area contributed by atoms with Gasteiger partial charge in [0.2, 0.25) is 0 Å². The molecule has 41 heavy (non-hydrogen) atoms. The minimum atomic E-state index is -4.77. The topological polar surface area (TPSA) is 42.4 Å². The van der Waals surface area contributed by atoms with Crippen LogP contribution in [0.2, 0.25) is 0 Å². The quantitative estimate of drug-likeness (QED) is 0.273. The number of aliphatic hydroxyl groups is 1. The van der Waals surface area contributed by atoms with Crippen molar-refractivity contribution in [3.8, 4) is 0 Å². The molecule has 2 aromatic rings. The van der Waals surface area contributed by atoms with Gasteiger partial charge in [0.15, 0.2) is 0 Å². The lowest BCUT2D eigenvalue weighted by molar-refractivity contribution is -0.140. The van der Waals surface area contributed by atoms with Crippen LogP contribution in [0, 0.1) is 17.2 Å². The van der Waals surface area contributed by atoms with E-state index >= 15 is 0 Å². The number of benzene rings is 1. The number of pyridine rings is 1. The number of fused-ring (bicyclic) bond motifs is 4. The highest BCUT2D eigenvalue weighted by Crippen LogP contribution is 2.61. The van der Waals surface area contributed by atoms with E-state index in [1.807, 2.05) is 13.8 Å². The summed E-state index contributed by atoms with van der Waals surface area (Å²) in [6.45, 7) is 14.8.